The zero-order chi connectivity index (χ0) is 13.2. The molecule has 0 saturated carbocycles. The van der Waals surface area contributed by atoms with Gasteiger partial charge in [-0.2, -0.15) is 16.2 Å². The molecule has 2 rings (SSSR count). The molecule has 1 unspecified atom stereocenters. The van der Waals surface area contributed by atoms with Gasteiger partial charge in [0.1, 0.15) is 5.37 Å². The minimum Gasteiger partial charge on any atom is -0.353 e. The second kappa shape index (κ2) is 5.44. The molecule has 0 spiro atoms. The molecule has 1 saturated heterocycles. The van der Waals surface area contributed by atoms with Crippen molar-refractivity contribution in [3.8, 4) is 0 Å². The third kappa shape index (κ3) is 2.77. The Kier molecular flexibility index (Phi) is 4.11. The van der Waals surface area contributed by atoms with E-state index < -0.39 is 21.2 Å². The molecule has 1 fully saturated rings. The van der Waals surface area contributed by atoms with Gasteiger partial charge in [0, 0.05) is 41.8 Å². The van der Waals surface area contributed by atoms with Gasteiger partial charge in [-0.15, -0.1) is 0 Å². The van der Waals surface area contributed by atoms with E-state index in [-0.39, 0.29) is 5.75 Å². The second-order valence-corrected chi connectivity index (χ2v) is 7.61. The molecule has 4 nitrogen and oxygen atoms in total. The van der Waals surface area contributed by atoms with Crippen molar-refractivity contribution in [1.29, 1.82) is 0 Å². The van der Waals surface area contributed by atoms with E-state index in [9.17, 15) is 12.8 Å². The van der Waals surface area contributed by atoms with Crippen LogP contribution in [0.15, 0.2) is 18.3 Å². The third-order valence-corrected chi connectivity index (χ3v) is 6.23. The highest BCUT2D eigenvalue weighted by atomic mass is 32.2. The Morgan fingerprint density at radius 3 is 3.06 bits per heavy atom. The number of nitrogens with zero attached hydrogens (tertiary/aromatic N) is 2. The van der Waals surface area contributed by atoms with Crippen LogP contribution in [-0.4, -0.2) is 42.6 Å². The van der Waals surface area contributed by atoms with E-state index >= 15 is 0 Å². The van der Waals surface area contributed by atoms with E-state index in [0.29, 0.717) is 18.0 Å². The Morgan fingerprint density at radius 2 is 2.39 bits per heavy atom. The van der Waals surface area contributed by atoms with Crippen LogP contribution < -0.4 is 4.90 Å². The van der Waals surface area contributed by atoms with Gasteiger partial charge >= 0.3 is 0 Å². The zero-order valence-electron chi connectivity index (χ0n) is 10.0. The number of sulfone groups is 1. The Morgan fingerprint density at radius 1 is 1.61 bits per heavy atom. The number of thioether (sulfide) groups is 1. The molecular formula is C11H15FN2O2S2. The topological polar surface area (TPSA) is 50.3 Å². The maximum atomic E-state index is 13.1. The van der Waals surface area contributed by atoms with Crippen LogP contribution in [0.5, 0.6) is 0 Å². The van der Waals surface area contributed by atoms with E-state index in [4.69, 9.17) is 0 Å². The van der Waals surface area contributed by atoms with E-state index in [0.717, 1.165) is 5.75 Å². The SMILES string of the molecule is CCS(=O)(=O)C1CSCCN1c1ccnc(F)c1. The lowest BCUT2D eigenvalue weighted by Gasteiger charge is -2.36. The summed E-state index contributed by atoms with van der Waals surface area (Å²) in [4.78, 5) is 5.26. The monoisotopic (exact) mass is 290 g/mol. The standard InChI is InChI=1S/C11H15FN2O2S2/c1-2-18(15,16)11-8-17-6-5-14(11)9-3-4-13-10(12)7-9/h3-4,7,11H,2,5-6,8H2,1H3. The fourth-order valence-corrected chi connectivity index (χ4v) is 4.93. The highest BCUT2D eigenvalue weighted by molar-refractivity contribution is 8.01. The number of rotatable bonds is 3. The number of aromatic nitrogens is 1. The summed E-state index contributed by atoms with van der Waals surface area (Å²) in [5, 5.41) is -0.567. The van der Waals surface area contributed by atoms with Crippen molar-refractivity contribution in [3.63, 3.8) is 0 Å². The van der Waals surface area contributed by atoms with Crippen molar-refractivity contribution in [1.82, 2.24) is 4.98 Å². The fourth-order valence-electron chi connectivity index (χ4n) is 1.94. The minimum absolute atomic E-state index is 0.0995. The van der Waals surface area contributed by atoms with Crippen molar-refractivity contribution in [3.05, 3.63) is 24.3 Å². The quantitative estimate of drug-likeness (QED) is 0.790. The van der Waals surface area contributed by atoms with Crippen LogP contribution in [0.1, 0.15) is 6.92 Å². The molecule has 1 atom stereocenters. The number of pyridine rings is 1. The van der Waals surface area contributed by atoms with Gasteiger partial charge < -0.3 is 4.90 Å². The Bertz CT molecular complexity index is 522. The summed E-state index contributed by atoms with van der Waals surface area (Å²) in [7, 11) is -3.17. The highest BCUT2D eigenvalue weighted by Crippen LogP contribution is 2.27. The number of halogens is 1. The summed E-state index contributed by atoms with van der Waals surface area (Å²) in [6, 6.07) is 2.94. The van der Waals surface area contributed by atoms with Crippen molar-refractivity contribution in [2.45, 2.75) is 12.3 Å². The molecular weight excluding hydrogens is 275 g/mol. The number of hydrogen-bond acceptors (Lipinski definition) is 5. The molecule has 0 bridgehead atoms. The van der Waals surface area contributed by atoms with Crippen LogP contribution >= 0.6 is 11.8 Å². The van der Waals surface area contributed by atoms with Crippen LogP contribution in [0.3, 0.4) is 0 Å². The molecule has 0 aromatic carbocycles. The van der Waals surface area contributed by atoms with Gasteiger partial charge in [-0.25, -0.2) is 13.4 Å². The number of hydrogen-bond donors (Lipinski definition) is 0. The van der Waals surface area contributed by atoms with Gasteiger partial charge in [-0.05, 0) is 6.07 Å². The van der Waals surface area contributed by atoms with Gasteiger partial charge in [0.2, 0.25) is 5.95 Å². The average Bonchev–Trinajstić information content (AvgIpc) is 2.39. The normalized spacial score (nSPS) is 21.0. The first-order valence-corrected chi connectivity index (χ1v) is 8.59. The summed E-state index contributed by atoms with van der Waals surface area (Å²) < 4.78 is 37.3. The molecule has 100 valence electrons. The number of anilines is 1. The molecule has 0 N–H and O–H groups in total. The zero-order valence-corrected chi connectivity index (χ0v) is 11.7. The molecule has 1 aromatic rings. The molecule has 1 aliphatic heterocycles. The van der Waals surface area contributed by atoms with E-state index in [1.807, 2.05) is 0 Å². The highest BCUT2D eigenvalue weighted by Gasteiger charge is 2.33. The molecule has 1 aromatic heterocycles. The summed E-state index contributed by atoms with van der Waals surface area (Å²) in [5.41, 5.74) is 0.588. The van der Waals surface area contributed by atoms with Crippen molar-refractivity contribution in [2.24, 2.45) is 0 Å². The Balaban J connectivity index is 2.34. The lowest BCUT2D eigenvalue weighted by Crippen LogP contribution is -2.48. The predicted octanol–water partition coefficient (Wildman–Crippen LogP) is 1.53. The smallest absolute Gasteiger partial charge is 0.214 e. The molecule has 2 heterocycles. The molecule has 18 heavy (non-hydrogen) atoms. The van der Waals surface area contributed by atoms with Gasteiger partial charge in [0.05, 0.1) is 0 Å². The van der Waals surface area contributed by atoms with Crippen LogP contribution in [0, 0.1) is 5.95 Å². The van der Waals surface area contributed by atoms with Gasteiger partial charge in [0.15, 0.2) is 9.84 Å². The molecule has 0 amide bonds. The van der Waals surface area contributed by atoms with Crippen molar-refractivity contribution in [2.75, 3.05) is 28.7 Å². The van der Waals surface area contributed by atoms with E-state index in [1.165, 1.54) is 12.3 Å². The first kappa shape index (κ1) is 13.6. The lowest BCUT2D eigenvalue weighted by molar-refractivity contribution is 0.573. The summed E-state index contributed by atoms with van der Waals surface area (Å²) in [5.74, 6) is 0.889. The summed E-state index contributed by atoms with van der Waals surface area (Å²) in [6.45, 7) is 2.25. The third-order valence-electron chi connectivity index (χ3n) is 2.94. The van der Waals surface area contributed by atoms with Gasteiger partial charge in [-0.1, -0.05) is 6.92 Å². The van der Waals surface area contributed by atoms with Crippen LogP contribution in [-0.2, 0) is 9.84 Å². The first-order chi connectivity index (χ1) is 8.54. The second-order valence-electron chi connectivity index (χ2n) is 4.01. The molecule has 0 radical (unpaired) electrons. The van der Waals surface area contributed by atoms with E-state index in [1.54, 1.807) is 29.7 Å². The Hall–Kier alpha value is -0.820. The maximum Gasteiger partial charge on any atom is 0.214 e. The Labute approximate surface area is 111 Å². The molecule has 1 aliphatic rings. The summed E-state index contributed by atoms with van der Waals surface area (Å²) in [6.07, 6.45) is 1.36. The van der Waals surface area contributed by atoms with Crippen molar-refractivity contribution < 1.29 is 12.8 Å². The maximum absolute atomic E-state index is 13.1. The van der Waals surface area contributed by atoms with Gasteiger partial charge in [-0.3, -0.25) is 0 Å². The predicted molar refractivity (Wildman–Crippen MR) is 72.1 cm³/mol. The van der Waals surface area contributed by atoms with Crippen molar-refractivity contribution >= 4 is 27.3 Å². The summed E-state index contributed by atoms with van der Waals surface area (Å²) >= 11 is 1.62. The molecule has 0 aliphatic carbocycles. The fraction of sp³-hybridized carbons (Fsp3) is 0.545. The lowest BCUT2D eigenvalue weighted by atomic mass is 10.3. The van der Waals surface area contributed by atoms with Gasteiger partial charge in [0.25, 0.3) is 0 Å². The van der Waals surface area contributed by atoms with Crippen LogP contribution in [0.2, 0.25) is 0 Å². The first-order valence-electron chi connectivity index (χ1n) is 5.72. The minimum atomic E-state index is -3.17. The largest absolute Gasteiger partial charge is 0.353 e. The van der Waals surface area contributed by atoms with Crippen LogP contribution in [0.4, 0.5) is 10.1 Å². The van der Waals surface area contributed by atoms with Crippen LogP contribution in [0.25, 0.3) is 0 Å². The molecule has 7 heteroatoms. The average molecular weight is 290 g/mol. The van der Waals surface area contributed by atoms with E-state index in [2.05, 4.69) is 4.98 Å².